The van der Waals surface area contributed by atoms with Gasteiger partial charge in [0, 0.05) is 5.02 Å². The molecule has 2 aromatic rings. The number of aliphatic hydroxyl groups is 1. The van der Waals surface area contributed by atoms with Gasteiger partial charge in [-0.05, 0) is 43.3 Å². The van der Waals surface area contributed by atoms with Crippen LogP contribution in [0.1, 0.15) is 17.4 Å². The lowest BCUT2D eigenvalue weighted by Gasteiger charge is -2.13. The molecular weight excluding hydrogens is 252 g/mol. The summed E-state index contributed by atoms with van der Waals surface area (Å²) in [6.45, 7) is 2.23. The third-order valence-corrected chi connectivity index (χ3v) is 2.90. The van der Waals surface area contributed by atoms with E-state index in [0.29, 0.717) is 11.6 Å². The minimum atomic E-state index is -0.158. The summed E-state index contributed by atoms with van der Waals surface area (Å²) in [5.74, 6) is 2.13. The number of aryl methyl sites for hydroxylation is 1. The fourth-order valence-electron chi connectivity index (χ4n) is 1.63. The molecule has 0 radical (unpaired) electrons. The van der Waals surface area contributed by atoms with Gasteiger partial charge in [-0.3, -0.25) is 0 Å². The molecule has 0 aliphatic carbocycles. The van der Waals surface area contributed by atoms with Crippen molar-refractivity contribution in [2.24, 2.45) is 0 Å². The largest absolute Gasteiger partial charge is 0.493 e. The number of rotatable bonds is 5. The highest BCUT2D eigenvalue weighted by Crippen LogP contribution is 2.21. The molecule has 4 heteroatoms. The lowest BCUT2D eigenvalue weighted by molar-refractivity contribution is 0.189. The van der Waals surface area contributed by atoms with E-state index in [1.165, 1.54) is 0 Å². The Balaban J connectivity index is 1.97. The van der Waals surface area contributed by atoms with Crippen molar-refractivity contribution in [3.05, 3.63) is 52.9 Å². The highest BCUT2D eigenvalue weighted by Gasteiger charge is 2.15. The van der Waals surface area contributed by atoms with Gasteiger partial charge in [0.1, 0.15) is 23.9 Å². The summed E-state index contributed by atoms with van der Waals surface area (Å²) in [5.41, 5.74) is 0. The Hall–Kier alpha value is -1.45. The maximum absolute atomic E-state index is 9.35. The van der Waals surface area contributed by atoms with Crippen molar-refractivity contribution in [1.82, 2.24) is 0 Å². The van der Waals surface area contributed by atoms with Crippen molar-refractivity contribution in [2.45, 2.75) is 12.8 Å². The molecule has 1 atom stereocenters. The van der Waals surface area contributed by atoms with E-state index in [1.54, 1.807) is 24.3 Å². The molecule has 0 aliphatic rings. The van der Waals surface area contributed by atoms with Crippen LogP contribution in [0.4, 0.5) is 0 Å². The smallest absolute Gasteiger partial charge is 0.119 e. The summed E-state index contributed by atoms with van der Waals surface area (Å²) in [6.07, 6.45) is 0. The van der Waals surface area contributed by atoms with Crippen LogP contribution in [0.5, 0.6) is 5.75 Å². The summed E-state index contributed by atoms with van der Waals surface area (Å²) in [5, 5.41) is 10.0. The molecule has 0 saturated carbocycles. The van der Waals surface area contributed by atoms with Gasteiger partial charge in [-0.25, -0.2) is 0 Å². The molecule has 0 fully saturated rings. The molecule has 1 N–H and O–H groups in total. The van der Waals surface area contributed by atoms with E-state index in [-0.39, 0.29) is 12.5 Å². The van der Waals surface area contributed by atoms with Gasteiger partial charge in [0.25, 0.3) is 0 Å². The van der Waals surface area contributed by atoms with Crippen LogP contribution >= 0.6 is 11.6 Å². The third kappa shape index (κ3) is 3.28. The Morgan fingerprint density at radius 2 is 1.94 bits per heavy atom. The van der Waals surface area contributed by atoms with Crippen molar-refractivity contribution in [2.75, 3.05) is 13.2 Å². The Morgan fingerprint density at radius 3 is 2.50 bits per heavy atom. The Morgan fingerprint density at radius 1 is 1.22 bits per heavy atom. The fraction of sp³-hybridized carbons (Fsp3) is 0.286. The molecular formula is C14H15ClO3. The molecule has 1 unspecified atom stereocenters. The van der Waals surface area contributed by atoms with Crippen LogP contribution in [0.3, 0.4) is 0 Å². The van der Waals surface area contributed by atoms with Gasteiger partial charge in [0.05, 0.1) is 12.5 Å². The first-order valence-corrected chi connectivity index (χ1v) is 6.12. The normalized spacial score (nSPS) is 12.4. The Bertz CT molecular complexity index is 490. The first kappa shape index (κ1) is 13.0. The van der Waals surface area contributed by atoms with Crippen LogP contribution in [0, 0.1) is 6.92 Å². The molecule has 0 aliphatic heterocycles. The number of aliphatic hydroxyl groups excluding tert-OH is 1. The van der Waals surface area contributed by atoms with Gasteiger partial charge in [-0.1, -0.05) is 11.6 Å². The van der Waals surface area contributed by atoms with Crippen molar-refractivity contribution >= 4 is 11.6 Å². The van der Waals surface area contributed by atoms with Crippen molar-refractivity contribution in [1.29, 1.82) is 0 Å². The summed E-state index contributed by atoms with van der Waals surface area (Å²) in [4.78, 5) is 0. The van der Waals surface area contributed by atoms with Crippen LogP contribution in [-0.4, -0.2) is 18.3 Å². The van der Waals surface area contributed by atoms with Crippen molar-refractivity contribution < 1.29 is 14.3 Å². The van der Waals surface area contributed by atoms with Crippen molar-refractivity contribution in [3.8, 4) is 5.75 Å². The summed E-state index contributed by atoms with van der Waals surface area (Å²) in [7, 11) is 0. The number of halogens is 1. The van der Waals surface area contributed by atoms with Crippen LogP contribution in [0.25, 0.3) is 0 Å². The standard InChI is InChI=1S/C14H15ClO3/c1-10-2-7-14(18-10)11(8-16)9-17-13-5-3-12(15)4-6-13/h2-7,11,16H,8-9H2,1H3. The predicted octanol–water partition coefficient (Wildman–Crippen LogP) is 3.40. The molecule has 1 aromatic carbocycles. The van der Waals surface area contributed by atoms with Gasteiger partial charge >= 0.3 is 0 Å². The van der Waals surface area contributed by atoms with E-state index < -0.39 is 0 Å². The zero-order valence-electron chi connectivity index (χ0n) is 10.1. The molecule has 1 heterocycles. The van der Waals surface area contributed by atoms with E-state index in [1.807, 2.05) is 19.1 Å². The first-order valence-electron chi connectivity index (χ1n) is 5.74. The maximum Gasteiger partial charge on any atom is 0.119 e. The quantitative estimate of drug-likeness (QED) is 0.902. The second-order valence-electron chi connectivity index (χ2n) is 4.09. The highest BCUT2D eigenvalue weighted by molar-refractivity contribution is 6.30. The molecule has 2 rings (SSSR count). The van der Waals surface area contributed by atoms with Crippen molar-refractivity contribution in [3.63, 3.8) is 0 Å². The third-order valence-electron chi connectivity index (χ3n) is 2.65. The molecule has 0 amide bonds. The van der Waals surface area contributed by atoms with E-state index >= 15 is 0 Å². The predicted molar refractivity (Wildman–Crippen MR) is 70.2 cm³/mol. The second kappa shape index (κ2) is 5.94. The second-order valence-corrected chi connectivity index (χ2v) is 4.53. The average Bonchev–Trinajstić information content (AvgIpc) is 2.79. The number of ether oxygens (including phenoxy) is 1. The van der Waals surface area contributed by atoms with Gasteiger partial charge in [-0.15, -0.1) is 0 Å². The van der Waals surface area contributed by atoms with Gasteiger partial charge < -0.3 is 14.3 Å². The van der Waals surface area contributed by atoms with E-state index in [9.17, 15) is 5.11 Å². The lowest BCUT2D eigenvalue weighted by Crippen LogP contribution is -2.13. The van der Waals surface area contributed by atoms with E-state index in [0.717, 1.165) is 17.3 Å². The van der Waals surface area contributed by atoms with E-state index in [4.69, 9.17) is 20.8 Å². The molecule has 96 valence electrons. The van der Waals surface area contributed by atoms with Crippen LogP contribution < -0.4 is 4.74 Å². The first-order chi connectivity index (χ1) is 8.69. The number of benzene rings is 1. The van der Waals surface area contributed by atoms with Gasteiger partial charge in [-0.2, -0.15) is 0 Å². The molecule has 0 spiro atoms. The minimum absolute atomic E-state index is 0.0134. The highest BCUT2D eigenvalue weighted by atomic mass is 35.5. The maximum atomic E-state index is 9.35. The number of furan rings is 1. The minimum Gasteiger partial charge on any atom is -0.493 e. The van der Waals surface area contributed by atoms with E-state index in [2.05, 4.69) is 0 Å². The van der Waals surface area contributed by atoms with Crippen LogP contribution in [0.15, 0.2) is 40.8 Å². The summed E-state index contributed by atoms with van der Waals surface area (Å²) in [6, 6.07) is 10.9. The molecule has 0 saturated heterocycles. The SMILES string of the molecule is Cc1ccc(C(CO)COc2ccc(Cl)cc2)o1. The Kier molecular flexibility index (Phi) is 4.28. The van der Waals surface area contributed by atoms with Gasteiger partial charge in [0.2, 0.25) is 0 Å². The monoisotopic (exact) mass is 266 g/mol. The molecule has 3 nitrogen and oxygen atoms in total. The zero-order chi connectivity index (χ0) is 13.0. The summed E-state index contributed by atoms with van der Waals surface area (Å²) >= 11 is 5.79. The number of hydrogen-bond donors (Lipinski definition) is 1. The summed E-state index contributed by atoms with van der Waals surface area (Å²) < 4.78 is 11.1. The molecule has 18 heavy (non-hydrogen) atoms. The Labute approximate surface area is 111 Å². The average molecular weight is 267 g/mol. The number of hydrogen-bond acceptors (Lipinski definition) is 3. The van der Waals surface area contributed by atoms with Crippen LogP contribution in [-0.2, 0) is 0 Å². The topological polar surface area (TPSA) is 42.6 Å². The van der Waals surface area contributed by atoms with Gasteiger partial charge in [0.15, 0.2) is 0 Å². The zero-order valence-corrected chi connectivity index (χ0v) is 10.9. The molecule has 0 bridgehead atoms. The van der Waals surface area contributed by atoms with Crippen LogP contribution in [0.2, 0.25) is 5.02 Å². The molecule has 1 aromatic heterocycles. The fourth-order valence-corrected chi connectivity index (χ4v) is 1.75. The lowest BCUT2D eigenvalue weighted by atomic mass is 10.1.